The van der Waals surface area contributed by atoms with Gasteiger partial charge in [0.15, 0.2) is 5.65 Å². The fraction of sp³-hybridized carbons (Fsp3) is 0.381. The Balaban J connectivity index is 0.00000160. The molecule has 7 nitrogen and oxygen atoms in total. The highest BCUT2D eigenvalue weighted by Gasteiger charge is 2.24. The van der Waals surface area contributed by atoms with Crippen LogP contribution >= 0.6 is 24.8 Å². The highest BCUT2D eigenvalue weighted by molar-refractivity contribution is 5.87. The second-order valence-electron chi connectivity index (χ2n) is 7.50. The van der Waals surface area contributed by atoms with Gasteiger partial charge in [-0.25, -0.2) is 9.78 Å². The van der Waals surface area contributed by atoms with E-state index in [1.807, 2.05) is 31.2 Å². The van der Waals surface area contributed by atoms with Crippen LogP contribution in [0.2, 0.25) is 0 Å². The van der Waals surface area contributed by atoms with Gasteiger partial charge in [-0.05, 0) is 37.5 Å². The first-order chi connectivity index (χ1) is 13.5. The van der Waals surface area contributed by atoms with Gasteiger partial charge in [0.25, 0.3) is 0 Å². The molecule has 1 aliphatic heterocycles. The number of piperidine rings is 1. The van der Waals surface area contributed by atoms with E-state index in [1.165, 1.54) is 0 Å². The van der Waals surface area contributed by atoms with Crippen LogP contribution in [0.25, 0.3) is 11.2 Å². The summed E-state index contributed by atoms with van der Waals surface area (Å²) in [5, 5.41) is 9.43. The fourth-order valence-corrected chi connectivity index (χ4v) is 4.05. The molecule has 160 valence electrons. The normalized spacial score (nSPS) is 15.9. The summed E-state index contributed by atoms with van der Waals surface area (Å²) in [6.45, 7) is 3.94. The number of nitriles is 1. The Bertz CT molecular complexity index is 1150. The number of aromatic nitrogens is 3. The lowest BCUT2D eigenvalue weighted by atomic mass is 10.1. The van der Waals surface area contributed by atoms with E-state index >= 15 is 0 Å². The third kappa shape index (κ3) is 4.17. The molecule has 0 saturated carbocycles. The Morgan fingerprint density at radius 2 is 2.03 bits per heavy atom. The minimum absolute atomic E-state index is 0. The summed E-state index contributed by atoms with van der Waals surface area (Å²) in [6.07, 6.45) is 2.04. The van der Waals surface area contributed by atoms with Gasteiger partial charge in [0.05, 0.1) is 23.9 Å². The zero-order valence-electron chi connectivity index (χ0n) is 17.0. The number of pyridine rings is 1. The Kier molecular flexibility index (Phi) is 7.54. The summed E-state index contributed by atoms with van der Waals surface area (Å²) >= 11 is 0. The Morgan fingerprint density at radius 3 is 2.73 bits per heavy atom. The number of hydrogen-bond donors (Lipinski definition) is 1. The third-order valence-corrected chi connectivity index (χ3v) is 5.45. The fourth-order valence-electron chi connectivity index (χ4n) is 4.05. The van der Waals surface area contributed by atoms with Gasteiger partial charge < -0.3 is 10.6 Å². The lowest BCUT2D eigenvalue weighted by Gasteiger charge is -2.33. The number of anilines is 1. The molecular formula is C21H26Cl2N6O. The Labute approximate surface area is 187 Å². The van der Waals surface area contributed by atoms with Crippen molar-refractivity contribution < 1.29 is 0 Å². The van der Waals surface area contributed by atoms with Crippen LogP contribution in [0.5, 0.6) is 0 Å². The number of fused-ring (bicyclic) bond motifs is 1. The predicted molar refractivity (Wildman–Crippen MR) is 124 cm³/mol. The van der Waals surface area contributed by atoms with Crippen LogP contribution in [-0.4, -0.2) is 33.2 Å². The second-order valence-corrected chi connectivity index (χ2v) is 7.50. The van der Waals surface area contributed by atoms with E-state index in [9.17, 15) is 10.1 Å². The summed E-state index contributed by atoms with van der Waals surface area (Å²) in [7, 11) is 1.75. The van der Waals surface area contributed by atoms with E-state index in [1.54, 1.807) is 22.2 Å². The molecular weight excluding hydrogens is 423 g/mol. The van der Waals surface area contributed by atoms with Crippen molar-refractivity contribution in [2.45, 2.75) is 32.4 Å². The van der Waals surface area contributed by atoms with Gasteiger partial charge in [-0.1, -0.05) is 18.2 Å². The molecule has 1 aliphatic rings. The number of halogens is 2. The van der Waals surface area contributed by atoms with Gasteiger partial charge in [-0.15, -0.1) is 24.8 Å². The lowest BCUT2D eigenvalue weighted by Crippen LogP contribution is -2.43. The molecule has 2 N–H and O–H groups in total. The van der Waals surface area contributed by atoms with Gasteiger partial charge in [-0.2, -0.15) is 5.26 Å². The number of aryl methyl sites for hydroxylation is 2. The van der Waals surface area contributed by atoms with E-state index in [0.717, 1.165) is 48.4 Å². The summed E-state index contributed by atoms with van der Waals surface area (Å²) in [5.74, 6) is 0. The third-order valence-electron chi connectivity index (χ3n) is 5.45. The maximum atomic E-state index is 13.1. The number of imidazole rings is 1. The van der Waals surface area contributed by atoms with Crippen molar-refractivity contribution in [3.63, 3.8) is 0 Å². The summed E-state index contributed by atoms with van der Waals surface area (Å²) in [4.78, 5) is 20.0. The number of nitrogens with two attached hydrogens (primary N) is 1. The average Bonchev–Trinajstić information content (AvgIpc) is 2.92. The quantitative estimate of drug-likeness (QED) is 0.664. The maximum absolute atomic E-state index is 13.1. The molecule has 30 heavy (non-hydrogen) atoms. The van der Waals surface area contributed by atoms with Crippen LogP contribution in [0.15, 0.2) is 35.1 Å². The molecule has 2 aromatic heterocycles. The van der Waals surface area contributed by atoms with Gasteiger partial charge in [0.2, 0.25) is 0 Å². The monoisotopic (exact) mass is 448 g/mol. The topological polar surface area (TPSA) is 92.9 Å². The van der Waals surface area contributed by atoms with Gasteiger partial charge in [0.1, 0.15) is 5.52 Å². The van der Waals surface area contributed by atoms with Crippen molar-refractivity contribution in [1.29, 1.82) is 5.26 Å². The van der Waals surface area contributed by atoms with E-state index in [2.05, 4.69) is 16.0 Å². The van der Waals surface area contributed by atoms with Gasteiger partial charge >= 0.3 is 5.69 Å². The van der Waals surface area contributed by atoms with Crippen molar-refractivity contribution in [2.75, 3.05) is 18.0 Å². The van der Waals surface area contributed by atoms with Crippen LogP contribution < -0.4 is 16.3 Å². The first kappa shape index (κ1) is 23.7. The molecule has 1 aromatic carbocycles. The van der Waals surface area contributed by atoms with Crippen molar-refractivity contribution in [2.24, 2.45) is 12.8 Å². The lowest BCUT2D eigenvalue weighted by molar-refractivity contribution is 0.506. The van der Waals surface area contributed by atoms with Crippen molar-refractivity contribution in [3.05, 3.63) is 57.6 Å². The smallest absolute Gasteiger partial charge is 0.330 e. The first-order valence-corrected chi connectivity index (χ1v) is 9.55. The van der Waals surface area contributed by atoms with E-state index in [0.29, 0.717) is 17.8 Å². The van der Waals surface area contributed by atoms with E-state index in [-0.39, 0.29) is 36.5 Å². The molecule has 1 saturated heterocycles. The van der Waals surface area contributed by atoms with Crippen LogP contribution in [0.4, 0.5) is 5.69 Å². The number of benzene rings is 1. The molecule has 0 aliphatic carbocycles. The minimum Gasteiger partial charge on any atom is -0.368 e. The molecule has 1 atom stereocenters. The zero-order valence-corrected chi connectivity index (χ0v) is 18.7. The molecule has 0 bridgehead atoms. The van der Waals surface area contributed by atoms with E-state index in [4.69, 9.17) is 5.73 Å². The standard InChI is InChI=1S/C21H24N6O.2ClH/c1-14-10-18(26-9-5-8-17(23)13-26)19-20(24-14)25(2)21(28)27(19)12-16-7-4-3-6-15(16)11-22;;/h3-4,6-7,10,17H,5,8-9,12-13,23H2,1-2H3;2*1H/t17-;;/m0../s1. The molecule has 1 fully saturated rings. The zero-order chi connectivity index (χ0) is 19.8. The number of hydrogen-bond acceptors (Lipinski definition) is 5. The SMILES string of the molecule is Cc1cc(N2CCC[C@H](N)C2)c2c(n1)n(C)c(=O)n2Cc1ccccc1C#N.Cl.Cl. The van der Waals surface area contributed by atoms with Crippen molar-refractivity contribution in [3.8, 4) is 6.07 Å². The first-order valence-electron chi connectivity index (χ1n) is 9.55. The van der Waals surface area contributed by atoms with Crippen LogP contribution in [0, 0.1) is 18.3 Å². The Hall–Kier alpha value is -2.53. The van der Waals surface area contributed by atoms with Crippen LogP contribution in [0.1, 0.15) is 29.7 Å². The maximum Gasteiger partial charge on any atom is 0.330 e. The highest BCUT2D eigenvalue weighted by Crippen LogP contribution is 2.29. The molecule has 0 radical (unpaired) electrons. The van der Waals surface area contributed by atoms with Crippen molar-refractivity contribution >= 4 is 41.7 Å². The second kappa shape index (κ2) is 9.52. The Morgan fingerprint density at radius 1 is 1.30 bits per heavy atom. The molecule has 3 aromatic rings. The molecule has 0 spiro atoms. The van der Waals surface area contributed by atoms with Crippen LogP contribution in [-0.2, 0) is 13.6 Å². The summed E-state index contributed by atoms with van der Waals surface area (Å²) in [5.41, 5.74) is 10.8. The average molecular weight is 449 g/mol. The summed E-state index contributed by atoms with van der Waals surface area (Å²) in [6, 6.07) is 11.8. The molecule has 9 heteroatoms. The molecule has 3 heterocycles. The molecule has 0 unspecified atom stereocenters. The minimum atomic E-state index is -0.136. The number of nitrogens with zero attached hydrogens (tertiary/aromatic N) is 5. The largest absolute Gasteiger partial charge is 0.368 e. The summed E-state index contributed by atoms with van der Waals surface area (Å²) < 4.78 is 3.32. The molecule has 4 rings (SSSR count). The predicted octanol–water partition coefficient (Wildman–Crippen LogP) is 2.73. The van der Waals surface area contributed by atoms with Crippen molar-refractivity contribution in [1.82, 2.24) is 14.1 Å². The van der Waals surface area contributed by atoms with Gasteiger partial charge in [0, 0.05) is 31.9 Å². The highest BCUT2D eigenvalue weighted by atomic mass is 35.5. The van der Waals surface area contributed by atoms with E-state index < -0.39 is 0 Å². The number of rotatable bonds is 3. The van der Waals surface area contributed by atoms with Gasteiger partial charge in [-0.3, -0.25) is 9.13 Å². The van der Waals surface area contributed by atoms with Crippen LogP contribution in [0.3, 0.4) is 0 Å². The molecule has 0 amide bonds.